The van der Waals surface area contributed by atoms with Gasteiger partial charge in [0, 0.05) is 28.0 Å². The van der Waals surface area contributed by atoms with Gasteiger partial charge in [0.15, 0.2) is 0 Å². The van der Waals surface area contributed by atoms with Crippen molar-refractivity contribution in [2.24, 2.45) is 11.3 Å². The number of nitrogens with one attached hydrogen (secondary N) is 1. The van der Waals surface area contributed by atoms with E-state index in [-0.39, 0.29) is 29.4 Å². The van der Waals surface area contributed by atoms with Gasteiger partial charge in [-0.15, -0.1) is 11.3 Å². The van der Waals surface area contributed by atoms with Crippen LogP contribution in [0.3, 0.4) is 0 Å². The number of benzene rings is 1. The number of hydrogen-bond acceptors (Lipinski definition) is 4. The molecule has 0 radical (unpaired) electrons. The lowest BCUT2D eigenvalue weighted by Crippen LogP contribution is -2.48. The highest BCUT2D eigenvalue weighted by molar-refractivity contribution is 9.10. The Labute approximate surface area is 209 Å². The lowest BCUT2D eigenvalue weighted by molar-refractivity contribution is -0.0586. The summed E-state index contributed by atoms with van der Waals surface area (Å²) in [4.78, 5) is 30.0. The maximum atomic E-state index is 13.8. The summed E-state index contributed by atoms with van der Waals surface area (Å²) in [5, 5.41) is 3.76. The van der Waals surface area contributed by atoms with Crippen molar-refractivity contribution < 1.29 is 14.3 Å². The fourth-order valence-corrected chi connectivity index (χ4v) is 6.66. The quantitative estimate of drug-likeness (QED) is 0.514. The lowest BCUT2D eigenvalue weighted by atomic mass is 9.72. The third-order valence-corrected chi connectivity index (χ3v) is 8.39. The Morgan fingerprint density at radius 2 is 1.88 bits per heavy atom. The zero-order valence-corrected chi connectivity index (χ0v) is 22.4. The predicted molar refractivity (Wildman–Crippen MR) is 137 cm³/mol. The average molecular weight is 534 g/mol. The number of anilines is 1. The Kier molecular flexibility index (Phi) is 7.04. The minimum Gasteiger partial charge on any atom is -0.372 e. The van der Waals surface area contributed by atoms with Crippen LogP contribution >= 0.6 is 27.3 Å². The topological polar surface area (TPSA) is 58.6 Å². The molecule has 1 aliphatic carbocycles. The van der Waals surface area contributed by atoms with E-state index in [1.807, 2.05) is 30.9 Å². The predicted octanol–water partition coefficient (Wildman–Crippen LogP) is 6.16. The fraction of sp³-hybridized carbons (Fsp3) is 0.538. The Balaban J connectivity index is 1.70. The van der Waals surface area contributed by atoms with E-state index in [1.165, 1.54) is 4.88 Å². The summed E-state index contributed by atoms with van der Waals surface area (Å²) in [5.74, 6) is 0.372. The Bertz CT molecular complexity index is 1050. The minimum absolute atomic E-state index is 0.00265. The third-order valence-electron chi connectivity index (χ3n) is 6.72. The van der Waals surface area contributed by atoms with Crippen LogP contribution in [0.5, 0.6) is 0 Å². The molecule has 2 aliphatic rings. The minimum atomic E-state index is -0.194. The number of halogens is 1. The smallest absolute Gasteiger partial charge is 0.257 e. The first-order valence-corrected chi connectivity index (χ1v) is 13.3. The van der Waals surface area contributed by atoms with Crippen molar-refractivity contribution in [2.75, 3.05) is 18.4 Å². The number of carbonyl (C=O) groups excluding carboxylic acids is 2. The van der Waals surface area contributed by atoms with Crippen LogP contribution in [-0.2, 0) is 17.6 Å². The zero-order valence-electron chi connectivity index (χ0n) is 20.0. The summed E-state index contributed by atoms with van der Waals surface area (Å²) in [7, 11) is 0. The Hall–Kier alpha value is -1.70. The zero-order chi connectivity index (χ0) is 23.9. The molecule has 1 N–H and O–H groups in total. The standard InChI is InChI=1S/C26H33BrN2O3S/c1-15-13-29(14-16(2)32-15)25(31)22-20-10-9-18(26(3,4)5)12-21(20)33-24(22)28-23(30)17-7-6-8-19(27)11-17/h6-8,11,15-16,18H,9-10,12-14H2,1-5H3,(H,28,30). The Morgan fingerprint density at radius 3 is 2.52 bits per heavy atom. The first kappa shape index (κ1) is 24.4. The molecule has 7 heteroatoms. The molecule has 1 aromatic heterocycles. The molecule has 33 heavy (non-hydrogen) atoms. The summed E-state index contributed by atoms with van der Waals surface area (Å²) in [5.41, 5.74) is 2.59. The number of morpholine rings is 1. The van der Waals surface area contributed by atoms with Gasteiger partial charge in [-0.2, -0.15) is 0 Å². The first-order valence-electron chi connectivity index (χ1n) is 11.7. The number of thiophene rings is 1. The molecule has 4 rings (SSSR count). The molecule has 2 aromatic rings. The molecule has 3 unspecified atom stereocenters. The number of rotatable bonds is 3. The highest BCUT2D eigenvalue weighted by atomic mass is 79.9. The maximum Gasteiger partial charge on any atom is 0.257 e. The molecule has 0 spiro atoms. The van der Waals surface area contributed by atoms with Crippen LogP contribution in [0.25, 0.3) is 0 Å². The van der Waals surface area contributed by atoms with E-state index < -0.39 is 0 Å². The summed E-state index contributed by atoms with van der Waals surface area (Å²) < 4.78 is 6.69. The second-order valence-electron chi connectivity index (χ2n) is 10.4. The van der Waals surface area contributed by atoms with Crippen molar-refractivity contribution >= 4 is 44.1 Å². The van der Waals surface area contributed by atoms with Crippen molar-refractivity contribution in [3.8, 4) is 0 Å². The van der Waals surface area contributed by atoms with Gasteiger partial charge in [0.2, 0.25) is 0 Å². The molecule has 5 nitrogen and oxygen atoms in total. The molecule has 1 aliphatic heterocycles. The highest BCUT2D eigenvalue weighted by Crippen LogP contribution is 2.45. The molecule has 3 atom stereocenters. The average Bonchev–Trinajstić information content (AvgIpc) is 3.08. The van der Waals surface area contributed by atoms with Gasteiger partial charge in [0.25, 0.3) is 11.8 Å². The van der Waals surface area contributed by atoms with Crippen LogP contribution in [-0.4, -0.2) is 42.0 Å². The van der Waals surface area contributed by atoms with E-state index in [4.69, 9.17) is 4.74 Å². The highest BCUT2D eigenvalue weighted by Gasteiger charge is 2.36. The van der Waals surface area contributed by atoms with Gasteiger partial charge in [-0.25, -0.2) is 0 Å². The van der Waals surface area contributed by atoms with Crippen LogP contribution < -0.4 is 5.32 Å². The third kappa shape index (κ3) is 5.36. The van der Waals surface area contributed by atoms with Gasteiger partial charge >= 0.3 is 0 Å². The largest absolute Gasteiger partial charge is 0.372 e. The number of amides is 2. The molecule has 0 saturated carbocycles. The maximum absolute atomic E-state index is 13.8. The van der Waals surface area contributed by atoms with Gasteiger partial charge in [-0.3, -0.25) is 9.59 Å². The second-order valence-corrected chi connectivity index (χ2v) is 12.5. The molecule has 1 fully saturated rings. The van der Waals surface area contributed by atoms with Gasteiger partial charge in [0.1, 0.15) is 5.00 Å². The van der Waals surface area contributed by atoms with Crippen molar-refractivity contribution in [1.82, 2.24) is 4.90 Å². The van der Waals surface area contributed by atoms with Crippen molar-refractivity contribution in [3.05, 3.63) is 50.3 Å². The number of nitrogens with zero attached hydrogens (tertiary/aromatic N) is 1. The van der Waals surface area contributed by atoms with E-state index in [0.29, 0.717) is 35.1 Å². The molecule has 0 bridgehead atoms. The van der Waals surface area contributed by atoms with Crippen molar-refractivity contribution in [2.45, 2.75) is 66.1 Å². The number of ether oxygens (including phenoxy) is 1. The summed E-state index contributed by atoms with van der Waals surface area (Å²) in [6.07, 6.45) is 2.88. The van der Waals surface area contributed by atoms with E-state index in [0.717, 1.165) is 29.3 Å². The van der Waals surface area contributed by atoms with E-state index in [1.54, 1.807) is 23.5 Å². The second kappa shape index (κ2) is 9.51. The fourth-order valence-electron chi connectivity index (χ4n) is 4.95. The summed E-state index contributed by atoms with van der Waals surface area (Å²) in [6.45, 7) is 12.0. The summed E-state index contributed by atoms with van der Waals surface area (Å²) in [6, 6.07) is 7.32. The molecular weight excluding hydrogens is 500 g/mol. The first-order chi connectivity index (χ1) is 15.5. The molecule has 178 valence electrons. The van der Waals surface area contributed by atoms with Crippen LogP contribution in [0, 0.1) is 11.3 Å². The van der Waals surface area contributed by atoms with E-state index in [2.05, 4.69) is 42.0 Å². The number of hydrogen-bond donors (Lipinski definition) is 1. The lowest BCUT2D eigenvalue weighted by Gasteiger charge is -2.36. The SMILES string of the molecule is CC1CN(C(=O)c2c(NC(=O)c3cccc(Br)c3)sc3c2CCC(C(C)(C)C)C3)CC(C)O1. The normalized spacial score (nSPS) is 23.2. The van der Waals surface area contributed by atoms with Gasteiger partial charge in [-0.05, 0) is 68.2 Å². The monoisotopic (exact) mass is 532 g/mol. The van der Waals surface area contributed by atoms with Crippen molar-refractivity contribution in [1.29, 1.82) is 0 Å². The van der Waals surface area contributed by atoms with Crippen LogP contribution in [0.1, 0.15) is 72.2 Å². The summed E-state index contributed by atoms with van der Waals surface area (Å²) >= 11 is 5.02. The number of carbonyl (C=O) groups is 2. The molecule has 1 saturated heterocycles. The molecule has 2 amide bonds. The van der Waals surface area contributed by atoms with Crippen LogP contribution in [0.2, 0.25) is 0 Å². The van der Waals surface area contributed by atoms with Crippen molar-refractivity contribution in [3.63, 3.8) is 0 Å². The van der Waals surface area contributed by atoms with Gasteiger partial charge in [-0.1, -0.05) is 42.8 Å². The molecule has 2 heterocycles. The van der Waals surface area contributed by atoms with Gasteiger partial charge < -0.3 is 15.0 Å². The Morgan fingerprint density at radius 1 is 1.18 bits per heavy atom. The van der Waals surface area contributed by atoms with E-state index in [9.17, 15) is 9.59 Å². The molecule has 1 aromatic carbocycles. The van der Waals surface area contributed by atoms with Crippen LogP contribution in [0.4, 0.5) is 5.00 Å². The molecular formula is C26H33BrN2O3S. The number of fused-ring (bicyclic) bond motifs is 1. The van der Waals surface area contributed by atoms with E-state index >= 15 is 0 Å². The van der Waals surface area contributed by atoms with Crippen LogP contribution in [0.15, 0.2) is 28.7 Å². The van der Waals surface area contributed by atoms with Gasteiger partial charge in [0.05, 0.1) is 17.8 Å².